The second-order valence-corrected chi connectivity index (χ2v) is 7.96. The van der Waals surface area contributed by atoms with Gasteiger partial charge in [-0.05, 0) is 32.9 Å². The number of ketones is 1. The van der Waals surface area contributed by atoms with Crippen LogP contribution in [0.15, 0.2) is 47.6 Å². The molecule has 156 valence electrons. The van der Waals surface area contributed by atoms with Crippen molar-refractivity contribution in [3.63, 3.8) is 0 Å². The van der Waals surface area contributed by atoms with Crippen molar-refractivity contribution in [3.8, 4) is 11.3 Å². The normalized spacial score (nSPS) is 10.8. The summed E-state index contributed by atoms with van der Waals surface area (Å²) >= 11 is 1.34. The molecule has 0 spiro atoms. The first-order valence-corrected chi connectivity index (χ1v) is 10.7. The molecule has 0 amide bonds. The lowest BCUT2D eigenvalue weighted by atomic mass is 10.1. The van der Waals surface area contributed by atoms with Crippen LogP contribution in [0.1, 0.15) is 33.9 Å². The molecule has 3 aromatic rings. The van der Waals surface area contributed by atoms with Gasteiger partial charge in [-0.15, -0.1) is 0 Å². The molecular formula is C23H25N3O3S. The predicted octanol–water partition coefficient (Wildman–Crippen LogP) is 4.41. The highest BCUT2D eigenvalue weighted by atomic mass is 32.2. The SMILES string of the molecule is COC(=O)CCn1c(C)cc(C(=O)CSc2nc(C)cc(-c3ccccc3)n2)c1C. The molecule has 0 bridgehead atoms. The lowest BCUT2D eigenvalue weighted by Crippen LogP contribution is -2.10. The van der Waals surface area contributed by atoms with Crippen molar-refractivity contribution in [1.82, 2.24) is 14.5 Å². The summed E-state index contributed by atoms with van der Waals surface area (Å²) < 4.78 is 6.69. The standard InChI is InChI=1S/C23H25N3O3S/c1-15-12-20(18-8-6-5-7-9-18)25-23(24-15)30-14-21(27)19-13-16(2)26(17(19)3)11-10-22(28)29-4/h5-9,12-13H,10-11,14H2,1-4H3. The van der Waals surface area contributed by atoms with Crippen LogP contribution in [0.25, 0.3) is 11.3 Å². The highest BCUT2D eigenvalue weighted by molar-refractivity contribution is 7.99. The molecule has 6 nitrogen and oxygen atoms in total. The maximum atomic E-state index is 12.9. The molecule has 0 fully saturated rings. The molecule has 0 aliphatic rings. The smallest absolute Gasteiger partial charge is 0.307 e. The van der Waals surface area contributed by atoms with E-state index in [1.807, 2.05) is 67.8 Å². The Morgan fingerprint density at radius 2 is 1.80 bits per heavy atom. The number of methoxy groups -OCH3 is 1. The Kier molecular flexibility index (Phi) is 7.05. The van der Waals surface area contributed by atoms with Gasteiger partial charge in [-0.1, -0.05) is 42.1 Å². The average molecular weight is 424 g/mol. The third-order valence-electron chi connectivity index (χ3n) is 4.88. The van der Waals surface area contributed by atoms with Crippen LogP contribution in [0.2, 0.25) is 0 Å². The molecular weight excluding hydrogens is 398 g/mol. The molecule has 1 aromatic carbocycles. The average Bonchev–Trinajstić information content (AvgIpc) is 3.04. The number of benzene rings is 1. The zero-order valence-electron chi connectivity index (χ0n) is 17.6. The first-order chi connectivity index (χ1) is 14.4. The second kappa shape index (κ2) is 9.71. The molecule has 0 saturated carbocycles. The van der Waals surface area contributed by atoms with Gasteiger partial charge in [0, 0.05) is 34.8 Å². The lowest BCUT2D eigenvalue weighted by Gasteiger charge is -2.09. The number of carbonyl (C=O) groups excluding carboxylic acids is 2. The molecule has 0 saturated heterocycles. The van der Waals surface area contributed by atoms with Crippen molar-refractivity contribution in [1.29, 1.82) is 0 Å². The van der Waals surface area contributed by atoms with Gasteiger partial charge in [0.05, 0.1) is 25.0 Å². The minimum absolute atomic E-state index is 0.0174. The fourth-order valence-electron chi connectivity index (χ4n) is 3.30. The summed E-state index contributed by atoms with van der Waals surface area (Å²) in [6.07, 6.45) is 0.272. The summed E-state index contributed by atoms with van der Waals surface area (Å²) in [5.41, 5.74) is 5.20. The summed E-state index contributed by atoms with van der Waals surface area (Å²) in [6.45, 7) is 6.25. The van der Waals surface area contributed by atoms with Crippen LogP contribution in [0.4, 0.5) is 0 Å². The molecule has 0 aliphatic heterocycles. The van der Waals surface area contributed by atoms with Crippen molar-refractivity contribution in [2.24, 2.45) is 0 Å². The number of hydrogen-bond donors (Lipinski definition) is 0. The van der Waals surface area contributed by atoms with Crippen LogP contribution in [0, 0.1) is 20.8 Å². The van der Waals surface area contributed by atoms with Crippen LogP contribution >= 0.6 is 11.8 Å². The number of carbonyl (C=O) groups is 2. The molecule has 0 aliphatic carbocycles. The Hall–Kier alpha value is -2.93. The van der Waals surface area contributed by atoms with Gasteiger partial charge in [-0.2, -0.15) is 0 Å². The number of ether oxygens (including phenoxy) is 1. The maximum absolute atomic E-state index is 12.9. The first-order valence-electron chi connectivity index (χ1n) is 9.69. The third-order valence-corrected chi connectivity index (χ3v) is 5.72. The van der Waals surface area contributed by atoms with E-state index in [0.29, 0.717) is 17.3 Å². The monoisotopic (exact) mass is 423 g/mol. The number of rotatable bonds is 8. The summed E-state index contributed by atoms with van der Waals surface area (Å²) in [5, 5.41) is 0.585. The minimum Gasteiger partial charge on any atom is -0.469 e. The molecule has 0 radical (unpaired) electrons. The van der Waals surface area contributed by atoms with E-state index in [-0.39, 0.29) is 23.9 Å². The molecule has 0 N–H and O–H groups in total. The van der Waals surface area contributed by atoms with Gasteiger partial charge < -0.3 is 9.30 Å². The first kappa shape index (κ1) is 21.8. The van der Waals surface area contributed by atoms with Gasteiger partial charge in [0.1, 0.15) is 0 Å². The van der Waals surface area contributed by atoms with Crippen LogP contribution < -0.4 is 0 Å². The van der Waals surface area contributed by atoms with Crippen molar-refractivity contribution in [2.75, 3.05) is 12.9 Å². The number of aryl methyl sites for hydroxylation is 2. The van der Waals surface area contributed by atoms with Crippen molar-refractivity contribution < 1.29 is 14.3 Å². The van der Waals surface area contributed by atoms with Crippen molar-refractivity contribution in [3.05, 3.63) is 65.1 Å². The van der Waals surface area contributed by atoms with E-state index < -0.39 is 0 Å². The number of hydrogen-bond acceptors (Lipinski definition) is 6. The van der Waals surface area contributed by atoms with Crippen LogP contribution in [-0.2, 0) is 16.1 Å². The van der Waals surface area contributed by atoms with Gasteiger partial charge in [-0.3, -0.25) is 9.59 Å². The Labute approximate surface area is 180 Å². The van der Waals surface area contributed by atoms with Crippen molar-refractivity contribution >= 4 is 23.5 Å². The summed E-state index contributed by atoms with van der Waals surface area (Å²) in [7, 11) is 1.38. The van der Waals surface area contributed by atoms with Gasteiger partial charge in [0.25, 0.3) is 0 Å². The molecule has 2 aromatic heterocycles. The number of esters is 1. The van der Waals surface area contributed by atoms with Gasteiger partial charge in [-0.25, -0.2) is 9.97 Å². The Bertz CT molecular complexity index is 1060. The lowest BCUT2D eigenvalue weighted by molar-refractivity contribution is -0.140. The highest BCUT2D eigenvalue weighted by Crippen LogP contribution is 2.24. The van der Waals surface area contributed by atoms with Crippen LogP contribution in [-0.4, -0.2) is 39.2 Å². The van der Waals surface area contributed by atoms with Gasteiger partial charge in [0.15, 0.2) is 10.9 Å². The Morgan fingerprint density at radius 1 is 1.07 bits per heavy atom. The topological polar surface area (TPSA) is 74.1 Å². The van der Waals surface area contributed by atoms with E-state index >= 15 is 0 Å². The largest absolute Gasteiger partial charge is 0.469 e. The Morgan fingerprint density at radius 3 is 2.50 bits per heavy atom. The van der Waals surface area contributed by atoms with E-state index in [2.05, 4.69) is 9.97 Å². The third kappa shape index (κ3) is 5.16. The minimum atomic E-state index is -0.267. The fourth-order valence-corrected chi connectivity index (χ4v) is 4.09. The number of Topliss-reactive ketones (excluding diaryl/α,β-unsaturated/α-hetero) is 1. The molecule has 0 unspecified atom stereocenters. The zero-order chi connectivity index (χ0) is 21.7. The summed E-state index contributed by atoms with van der Waals surface area (Å²) in [6, 6.07) is 13.7. The molecule has 0 atom stereocenters. The summed E-state index contributed by atoms with van der Waals surface area (Å²) in [5.74, 6) is -0.000520. The van der Waals surface area contributed by atoms with Crippen LogP contribution in [0.3, 0.4) is 0 Å². The molecule has 3 rings (SSSR count). The maximum Gasteiger partial charge on any atom is 0.307 e. The quantitative estimate of drug-likeness (QED) is 0.231. The number of thioether (sulfide) groups is 1. The molecule has 2 heterocycles. The molecule has 7 heteroatoms. The van der Waals surface area contributed by atoms with Crippen LogP contribution in [0.5, 0.6) is 0 Å². The van der Waals surface area contributed by atoms with Gasteiger partial charge >= 0.3 is 5.97 Å². The van der Waals surface area contributed by atoms with E-state index in [1.165, 1.54) is 18.9 Å². The van der Waals surface area contributed by atoms with E-state index in [0.717, 1.165) is 28.3 Å². The predicted molar refractivity (Wildman–Crippen MR) is 118 cm³/mol. The summed E-state index contributed by atoms with van der Waals surface area (Å²) in [4.78, 5) is 33.4. The second-order valence-electron chi connectivity index (χ2n) is 7.02. The van der Waals surface area contributed by atoms with Crippen molar-refractivity contribution in [2.45, 2.75) is 38.9 Å². The Balaban J connectivity index is 1.72. The molecule has 30 heavy (non-hydrogen) atoms. The number of aromatic nitrogens is 3. The number of nitrogens with zero attached hydrogens (tertiary/aromatic N) is 3. The van der Waals surface area contributed by atoms with E-state index in [9.17, 15) is 9.59 Å². The van der Waals surface area contributed by atoms with E-state index in [1.54, 1.807) is 0 Å². The van der Waals surface area contributed by atoms with Gasteiger partial charge in [0.2, 0.25) is 0 Å². The zero-order valence-corrected chi connectivity index (χ0v) is 18.5. The highest BCUT2D eigenvalue weighted by Gasteiger charge is 2.17. The fraction of sp³-hybridized carbons (Fsp3) is 0.304. The van der Waals surface area contributed by atoms with E-state index in [4.69, 9.17) is 4.74 Å².